The minimum atomic E-state index is 0.620. The van der Waals surface area contributed by atoms with Crippen LogP contribution in [0.2, 0.25) is 0 Å². The number of methoxy groups -OCH3 is 1. The average molecular weight is 175 g/mol. The summed E-state index contributed by atoms with van der Waals surface area (Å²) in [6.45, 7) is 2.70. The van der Waals surface area contributed by atoms with Gasteiger partial charge in [0.05, 0.1) is 18.2 Å². The van der Waals surface area contributed by atoms with Gasteiger partial charge in [0.1, 0.15) is 0 Å². The average Bonchev–Trinajstić information content (AvgIpc) is 2.19. The van der Waals surface area contributed by atoms with Crippen LogP contribution in [0.25, 0.3) is 0 Å². The second-order valence-corrected chi connectivity index (χ2v) is 2.88. The Labute approximate surface area is 78.8 Å². The lowest BCUT2D eigenvalue weighted by molar-refractivity contribution is 0.184. The molecule has 68 valence electrons. The van der Waals surface area contributed by atoms with Crippen molar-refractivity contribution >= 4 is 0 Å². The summed E-state index contributed by atoms with van der Waals surface area (Å²) in [4.78, 5) is 0. The molecule has 0 aliphatic heterocycles. The molecule has 1 aromatic carbocycles. The van der Waals surface area contributed by atoms with Crippen LogP contribution in [-0.2, 0) is 17.8 Å². The quantitative estimate of drug-likeness (QED) is 0.706. The Morgan fingerprint density at radius 1 is 1.38 bits per heavy atom. The summed E-state index contributed by atoms with van der Waals surface area (Å²) in [6.07, 6.45) is 0.939. The van der Waals surface area contributed by atoms with Crippen molar-refractivity contribution in [1.29, 1.82) is 5.26 Å². The van der Waals surface area contributed by atoms with Crippen LogP contribution in [0.4, 0.5) is 0 Å². The van der Waals surface area contributed by atoms with Crippen molar-refractivity contribution < 1.29 is 4.74 Å². The fraction of sp³-hybridized carbons (Fsp3) is 0.364. The van der Waals surface area contributed by atoms with E-state index in [1.54, 1.807) is 7.11 Å². The first-order chi connectivity index (χ1) is 6.31. The molecule has 0 atom stereocenters. The molecule has 0 amide bonds. The Balaban J connectivity index is 3.02. The number of aryl methyl sites for hydroxylation is 1. The van der Waals surface area contributed by atoms with Gasteiger partial charge in [0.25, 0.3) is 0 Å². The summed E-state index contributed by atoms with van der Waals surface area (Å²) in [7, 11) is 1.68. The SMILES string of the molecule is CCc1cc(C#N)ccc1COC. The third-order valence-corrected chi connectivity index (χ3v) is 2.02. The summed E-state index contributed by atoms with van der Waals surface area (Å²) < 4.78 is 5.06. The smallest absolute Gasteiger partial charge is 0.0991 e. The van der Waals surface area contributed by atoms with E-state index in [9.17, 15) is 0 Å². The maximum absolute atomic E-state index is 8.70. The van der Waals surface area contributed by atoms with Gasteiger partial charge in [0.15, 0.2) is 0 Å². The van der Waals surface area contributed by atoms with E-state index < -0.39 is 0 Å². The molecule has 0 aliphatic rings. The van der Waals surface area contributed by atoms with Crippen molar-refractivity contribution in [2.75, 3.05) is 7.11 Å². The summed E-state index contributed by atoms with van der Waals surface area (Å²) in [5.41, 5.74) is 3.08. The largest absolute Gasteiger partial charge is 0.380 e. The van der Waals surface area contributed by atoms with Crippen LogP contribution in [0.3, 0.4) is 0 Å². The van der Waals surface area contributed by atoms with Crippen molar-refractivity contribution in [1.82, 2.24) is 0 Å². The Morgan fingerprint density at radius 2 is 2.15 bits per heavy atom. The molecule has 0 bridgehead atoms. The van der Waals surface area contributed by atoms with Gasteiger partial charge in [-0.15, -0.1) is 0 Å². The normalized spacial score (nSPS) is 9.62. The van der Waals surface area contributed by atoms with E-state index in [-0.39, 0.29) is 0 Å². The lowest BCUT2D eigenvalue weighted by atomic mass is 10.0. The molecule has 2 heteroatoms. The van der Waals surface area contributed by atoms with Crippen LogP contribution in [0, 0.1) is 11.3 Å². The first kappa shape index (κ1) is 9.76. The summed E-state index contributed by atoms with van der Waals surface area (Å²) in [5.74, 6) is 0. The van der Waals surface area contributed by atoms with E-state index in [4.69, 9.17) is 10.00 Å². The van der Waals surface area contributed by atoms with Crippen molar-refractivity contribution in [2.45, 2.75) is 20.0 Å². The summed E-state index contributed by atoms with van der Waals surface area (Å²) in [5, 5.41) is 8.70. The highest BCUT2D eigenvalue weighted by Crippen LogP contribution is 2.13. The molecule has 1 aromatic rings. The molecule has 0 N–H and O–H groups in total. The van der Waals surface area contributed by atoms with Gasteiger partial charge >= 0.3 is 0 Å². The molecule has 2 nitrogen and oxygen atoms in total. The first-order valence-corrected chi connectivity index (χ1v) is 4.32. The maximum Gasteiger partial charge on any atom is 0.0991 e. The van der Waals surface area contributed by atoms with Crippen molar-refractivity contribution in [2.24, 2.45) is 0 Å². The molecule has 0 fully saturated rings. The number of hydrogen-bond acceptors (Lipinski definition) is 2. The van der Waals surface area contributed by atoms with Crippen LogP contribution in [0.5, 0.6) is 0 Å². The van der Waals surface area contributed by atoms with Gasteiger partial charge in [0, 0.05) is 7.11 Å². The van der Waals surface area contributed by atoms with Crippen LogP contribution in [-0.4, -0.2) is 7.11 Å². The standard InChI is InChI=1S/C11H13NO/c1-3-10-6-9(7-12)4-5-11(10)8-13-2/h4-6H,3,8H2,1-2H3. The lowest BCUT2D eigenvalue weighted by Gasteiger charge is -2.06. The predicted molar refractivity (Wildman–Crippen MR) is 51.2 cm³/mol. The van der Waals surface area contributed by atoms with Crippen molar-refractivity contribution in [3.05, 3.63) is 34.9 Å². The van der Waals surface area contributed by atoms with Gasteiger partial charge in [-0.3, -0.25) is 0 Å². The number of ether oxygens (including phenoxy) is 1. The second kappa shape index (κ2) is 4.64. The predicted octanol–water partition coefficient (Wildman–Crippen LogP) is 2.27. The van der Waals surface area contributed by atoms with Crippen molar-refractivity contribution in [3.8, 4) is 6.07 Å². The Morgan fingerprint density at radius 3 is 2.69 bits per heavy atom. The van der Waals surface area contributed by atoms with E-state index in [1.165, 1.54) is 11.1 Å². The van der Waals surface area contributed by atoms with E-state index in [0.717, 1.165) is 12.0 Å². The Hall–Kier alpha value is -1.33. The molecular weight excluding hydrogens is 162 g/mol. The summed E-state index contributed by atoms with van der Waals surface area (Å²) in [6, 6.07) is 7.84. The molecule has 0 aromatic heterocycles. The van der Waals surface area contributed by atoms with Crippen LogP contribution in [0.15, 0.2) is 18.2 Å². The molecule has 1 rings (SSSR count). The van der Waals surface area contributed by atoms with Gasteiger partial charge in [-0.2, -0.15) is 5.26 Å². The first-order valence-electron chi connectivity index (χ1n) is 4.32. The molecular formula is C11H13NO. The third-order valence-electron chi connectivity index (χ3n) is 2.02. The fourth-order valence-electron chi connectivity index (χ4n) is 1.32. The second-order valence-electron chi connectivity index (χ2n) is 2.88. The van der Waals surface area contributed by atoms with Gasteiger partial charge < -0.3 is 4.74 Å². The zero-order chi connectivity index (χ0) is 9.68. The molecule has 0 aliphatic carbocycles. The topological polar surface area (TPSA) is 33.0 Å². The lowest BCUT2D eigenvalue weighted by Crippen LogP contribution is -1.95. The van der Waals surface area contributed by atoms with Gasteiger partial charge in [-0.1, -0.05) is 13.0 Å². The van der Waals surface area contributed by atoms with Gasteiger partial charge in [0.2, 0.25) is 0 Å². The number of rotatable bonds is 3. The number of nitriles is 1. The minimum absolute atomic E-state index is 0.620. The summed E-state index contributed by atoms with van der Waals surface area (Å²) >= 11 is 0. The Bertz CT molecular complexity index is 325. The van der Waals surface area contributed by atoms with Crippen LogP contribution < -0.4 is 0 Å². The zero-order valence-electron chi connectivity index (χ0n) is 8.00. The highest BCUT2D eigenvalue weighted by atomic mass is 16.5. The number of nitrogens with zero attached hydrogens (tertiary/aromatic N) is 1. The van der Waals surface area contributed by atoms with E-state index in [0.29, 0.717) is 6.61 Å². The fourth-order valence-corrected chi connectivity index (χ4v) is 1.32. The number of benzene rings is 1. The molecule has 0 heterocycles. The van der Waals surface area contributed by atoms with E-state index in [2.05, 4.69) is 13.0 Å². The van der Waals surface area contributed by atoms with Crippen LogP contribution in [0.1, 0.15) is 23.6 Å². The number of hydrogen-bond donors (Lipinski definition) is 0. The van der Waals surface area contributed by atoms with Gasteiger partial charge in [-0.05, 0) is 29.7 Å². The third kappa shape index (κ3) is 2.30. The van der Waals surface area contributed by atoms with Crippen LogP contribution >= 0.6 is 0 Å². The molecule has 13 heavy (non-hydrogen) atoms. The maximum atomic E-state index is 8.70. The highest BCUT2D eigenvalue weighted by Gasteiger charge is 2.01. The van der Waals surface area contributed by atoms with Crippen molar-refractivity contribution in [3.63, 3.8) is 0 Å². The zero-order valence-corrected chi connectivity index (χ0v) is 8.00. The molecule has 0 saturated carbocycles. The van der Waals surface area contributed by atoms with Gasteiger partial charge in [-0.25, -0.2) is 0 Å². The van der Waals surface area contributed by atoms with E-state index >= 15 is 0 Å². The monoisotopic (exact) mass is 175 g/mol. The Kier molecular flexibility index (Phi) is 3.48. The molecule has 0 spiro atoms. The van der Waals surface area contributed by atoms with E-state index in [1.807, 2.05) is 18.2 Å². The molecule has 0 saturated heterocycles. The molecule has 0 unspecified atom stereocenters. The molecule has 0 radical (unpaired) electrons. The minimum Gasteiger partial charge on any atom is -0.380 e. The highest BCUT2D eigenvalue weighted by molar-refractivity contribution is 5.37.